The Kier molecular flexibility index (Phi) is 5.88. The van der Waals surface area contributed by atoms with Crippen molar-refractivity contribution in [1.29, 1.82) is 0 Å². The first-order valence-electron chi connectivity index (χ1n) is 6.41. The van der Waals surface area contributed by atoms with Crippen LogP contribution in [0.5, 0.6) is 0 Å². The van der Waals surface area contributed by atoms with Crippen LogP contribution in [0.2, 0.25) is 10.2 Å². The number of hydrogen-bond acceptors (Lipinski definition) is 6. The van der Waals surface area contributed by atoms with Crippen molar-refractivity contribution in [3.05, 3.63) is 51.5 Å². The Morgan fingerprint density at radius 2 is 1.92 bits per heavy atom. The summed E-state index contributed by atoms with van der Waals surface area (Å²) >= 11 is 11.6. The summed E-state index contributed by atoms with van der Waals surface area (Å²) < 4.78 is 49.7. The molecule has 0 saturated heterocycles. The van der Waals surface area contributed by atoms with Crippen LogP contribution in [0.4, 0.5) is 14.5 Å². The van der Waals surface area contributed by atoms with Gasteiger partial charge in [0.05, 0.1) is 10.7 Å². The average Bonchev–Trinajstić information content (AvgIpc) is 2.55. The highest BCUT2D eigenvalue weighted by molar-refractivity contribution is 7.93. The van der Waals surface area contributed by atoms with Crippen molar-refractivity contribution < 1.29 is 27.1 Å². The Hall–Kier alpha value is -1.88. The highest BCUT2D eigenvalue weighted by Gasteiger charge is 2.28. The predicted molar refractivity (Wildman–Crippen MR) is 86.5 cm³/mol. The van der Waals surface area contributed by atoms with Gasteiger partial charge in [-0.2, -0.15) is 8.78 Å². The van der Waals surface area contributed by atoms with Crippen LogP contribution in [0.25, 0.3) is 0 Å². The molecule has 1 aromatic carbocycles. The molecule has 12 heteroatoms. The van der Waals surface area contributed by atoms with E-state index in [0.717, 1.165) is 6.07 Å². The molecule has 7 nitrogen and oxygen atoms in total. The number of benzene rings is 1. The number of sulfonamides is 1. The Morgan fingerprint density at radius 3 is 2.52 bits per heavy atom. The van der Waals surface area contributed by atoms with Gasteiger partial charge in [0.15, 0.2) is 12.1 Å². The van der Waals surface area contributed by atoms with Crippen molar-refractivity contribution in [3.63, 3.8) is 0 Å². The van der Waals surface area contributed by atoms with Crippen LogP contribution in [0, 0.1) is 0 Å². The van der Waals surface area contributed by atoms with Gasteiger partial charge in [0.1, 0.15) is 17.0 Å². The first kappa shape index (κ1) is 19.4. The van der Waals surface area contributed by atoms with Gasteiger partial charge in [-0.3, -0.25) is 9.52 Å². The predicted octanol–water partition coefficient (Wildman–Crippen LogP) is 2.64. The summed E-state index contributed by atoms with van der Waals surface area (Å²) in [6, 6.07) is 4.96. The molecule has 25 heavy (non-hydrogen) atoms. The minimum absolute atomic E-state index is 0.134. The number of carbonyl (C=O) groups is 1. The molecule has 1 aromatic heterocycles. The highest BCUT2D eigenvalue weighted by atomic mass is 35.5. The molecule has 0 spiro atoms. The van der Waals surface area contributed by atoms with Crippen LogP contribution in [0.3, 0.4) is 0 Å². The van der Waals surface area contributed by atoms with Crippen molar-refractivity contribution in [2.24, 2.45) is 0 Å². The smallest absolute Gasteiger partial charge is 0.355 e. The van der Waals surface area contributed by atoms with E-state index in [1.165, 1.54) is 18.2 Å². The fourth-order valence-electron chi connectivity index (χ4n) is 1.84. The maximum atomic E-state index is 12.6. The second kappa shape index (κ2) is 7.56. The van der Waals surface area contributed by atoms with Crippen LogP contribution < -0.4 is 4.72 Å². The number of aliphatic hydroxyl groups is 1. The fourth-order valence-corrected chi connectivity index (χ4v) is 2.92. The number of para-hydroxylation sites is 1. The molecule has 1 atom stereocenters. The molecule has 0 saturated carbocycles. The lowest BCUT2D eigenvalue weighted by molar-refractivity contribution is 0.111. The normalized spacial score (nSPS) is 12.9. The Labute approximate surface area is 150 Å². The van der Waals surface area contributed by atoms with E-state index < -0.39 is 27.6 Å². The second-order valence-corrected chi connectivity index (χ2v) is 7.05. The first-order chi connectivity index (χ1) is 11.7. The third-order valence-electron chi connectivity index (χ3n) is 2.92. The topological polar surface area (TPSA) is 109 Å². The van der Waals surface area contributed by atoms with E-state index in [2.05, 4.69) is 9.97 Å². The molecule has 2 aromatic rings. The molecule has 2 rings (SSSR count). The summed E-state index contributed by atoms with van der Waals surface area (Å²) in [6.07, 6.45) is -1.33. The van der Waals surface area contributed by atoms with Crippen molar-refractivity contribution >= 4 is 45.2 Å². The maximum absolute atomic E-state index is 12.6. The third kappa shape index (κ3) is 4.40. The van der Waals surface area contributed by atoms with Crippen LogP contribution in [-0.4, -0.2) is 35.5 Å². The van der Waals surface area contributed by atoms with E-state index >= 15 is 0 Å². The van der Waals surface area contributed by atoms with E-state index in [4.69, 9.17) is 23.2 Å². The molecule has 0 aliphatic rings. The number of halogens is 4. The van der Waals surface area contributed by atoms with Gasteiger partial charge in [0.25, 0.3) is 10.0 Å². The lowest BCUT2D eigenvalue weighted by Crippen LogP contribution is -2.22. The summed E-state index contributed by atoms with van der Waals surface area (Å²) in [6.45, 7) is 0. The van der Waals surface area contributed by atoms with Gasteiger partial charge >= 0.3 is 5.76 Å². The quantitative estimate of drug-likeness (QED) is 0.558. The number of nitrogens with one attached hydrogen (secondary N) is 1. The lowest BCUT2D eigenvalue weighted by Gasteiger charge is -2.17. The lowest BCUT2D eigenvalue weighted by atomic mass is 10.1. The minimum atomic E-state index is -5.03. The Morgan fingerprint density at radius 1 is 1.24 bits per heavy atom. The van der Waals surface area contributed by atoms with Crippen LogP contribution >= 0.6 is 23.2 Å². The third-order valence-corrected chi connectivity index (χ3v) is 4.38. The average molecular weight is 412 g/mol. The number of aromatic nitrogens is 2. The number of rotatable bonds is 6. The van der Waals surface area contributed by atoms with Gasteiger partial charge in [-0.25, -0.2) is 18.4 Å². The van der Waals surface area contributed by atoms with Gasteiger partial charge in [0.2, 0.25) is 0 Å². The molecule has 134 valence electrons. The van der Waals surface area contributed by atoms with Crippen molar-refractivity contribution in [2.75, 3.05) is 4.72 Å². The first-order valence-corrected chi connectivity index (χ1v) is 8.72. The minimum Gasteiger partial charge on any atom is -0.380 e. The van der Waals surface area contributed by atoms with Gasteiger partial charge in [-0.1, -0.05) is 35.3 Å². The molecule has 1 heterocycles. The molecule has 2 N–H and O–H groups in total. The van der Waals surface area contributed by atoms with Gasteiger partial charge < -0.3 is 5.11 Å². The van der Waals surface area contributed by atoms with Crippen LogP contribution in [0.1, 0.15) is 28.0 Å². The van der Waals surface area contributed by atoms with Crippen LogP contribution in [-0.2, 0) is 10.0 Å². The molecular formula is C13H9Cl2F2N3O4S. The number of aliphatic hydroxyl groups excluding tert-OH is 1. The number of alkyl halides is 2. The number of nitrogens with zero attached hydrogens (tertiary/aromatic N) is 2. The summed E-state index contributed by atoms with van der Waals surface area (Å²) in [5.74, 6) is -4.05. The Bertz CT molecular complexity index is 912. The molecular weight excluding hydrogens is 403 g/mol. The van der Waals surface area contributed by atoms with E-state index in [0.29, 0.717) is 6.29 Å². The number of anilines is 1. The van der Waals surface area contributed by atoms with Gasteiger partial charge in [-0.15, -0.1) is 0 Å². The van der Waals surface area contributed by atoms with Crippen molar-refractivity contribution in [2.45, 2.75) is 11.9 Å². The van der Waals surface area contributed by atoms with E-state index in [1.54, 1.807) is 4.72 Å². The number of hydrogen-bond donors (Lipinski definition) is 2. The molecule has 0 aliphatic heterocycles. The molecule has 0 radical (unpaired) electrons. The molecule has 0 fully saturated rings. The summed E-state index contributed by atoms with van der Waals surface area (Å²) in [7, 11) is -5.03. The Balaban J connectivity index is 2.54. The maximum Gasteiger partial charge on any atom is 0.355 e. The zero-order valence-electron chi connectivity index (χ0n) is 12.0. The van der Waals surface area contributed by atoms with E-state index in [9.17, 15) is 27.1 Å². The highest BCUT2D eigenvalue weighted by Crippen LogP contribution is 2.34. The van der Waals surface area contributed by atoms with Gasteiger partial charge in [-0.05, 0) is 6.07 Å². The monoisotopic (exact) mass is 411 g/mol. The molecule has 0 bridgehead atoms. The standard InChI is InChI=1S/C13H9Cl2F2N3O4S/c14-8-3-1-2-7(10(8)20-25(23,24)13(16)17)11(22)12-18-6(5-21)4-9(15)19-12/h1-5,11,13,20,22H. The van der Waals surface area contributed by atoms with Crippen molar-refractivity contribution in [1.82, 2.24) is 9.97 Å². The zero-order valence-corrected chi connectivity index (χ0v) is 14.4. The fraction of sp³-hybridized carbons (Fsp3) is 0.154. The summed E-state index contributed by atoms with van der Waals surface area (Å²) in [4.78, 5) is 18.3. The largest absolute Gasteiger partial charge is 0.380 e. The van der Waals surface area contributed by atoms with Crippen molar-refractivity contribution in [3.8, 4) is 0 Å². The van der Waals surface area contributed by atoms with Crippen LogP contribution in [0.15, 0.2) is 24.3 Å². The second-order valence-electron chi connectivity index (χ2n) is 4.61. The zero-order chi connectivity index (χ0) is 18.8. The molecule has 0 amide bonds. The van der Waals surface area contributed by atoms with E-state index in [-0.39, 0.29) is 27.3 Å². The molecule has 0 aliphatic carbocycles. The SMILES string of the molecule is O=Cc1cc(Cl)nc(C(O)c2cccc(Cl)c2NS(=O)(=O)C(F)F)n1. The number of aldehydes is 1. The van der Waals surface area contributed by atoms with E-state index in [1.807, 2.05) is 0 Å². The number of carbonyl (C=O) groups excluding carboxylic acids is 1. The molecule has 1 unspecified atom stereocenters. The van der Waals surface area contributed by atoms with Gasteiger partial charge in [0, 0.05) is 11.6 Å². The summed E-state index contributed by atoms with van der Waals surface area (Å²) in [5, 5.41) is 10.0. The summed E-state index contributed by atoms with van der Waals surface area (Å²) in [5.41, 5.74) is -0.796.